The van der Waals surface area contributed by atoms with Crippen molar-refractivity contribution in [2.75, 3.05) is 18.5 Å². The Hall–Kier alpha value is -1.55. The van der Waals surface area contributed by atoms with Crippen LogP contribution in [0.25, 0.3) is 0 Å². The zero-order valence-electron chi connectivity index (χ0n) is 13.8. The third-order valence-corrected chi connectivity index (χ3v) is 2.74. The number of benzene rings is 1. The second-order valence-electron chi connectivity index (χ2n) is 6.68. The number of ether oxygens (including phenoxy) is 1. The van der Waals surface area contributed by atoms with E-state index >= 15 is 0 Å². The van der Waals surface area contributed by atoms with Crippen LogP contribution >= 0.6 is 0 Å². The van der Waals surface area contributed by atoms with Crippen molar-refractivity contribution >= 4 is 11.6 Å². The Morgan fingerprint density at radius 3 is 2.52 bits per heavy atom. The van der Waals surface area contributed by atoms with Crippen LogP contribution in [0.3, 0.4) is 0 Å². The predicted octanol–water partition coefficient (Wildman–Crippen LogP) is 3.44. The standard InChI is InChI=1S/C17H28N2O2/c1-13(2)12-21-15-9-7-6-8-14(15)19-16(20)10-11-18-17(3,4)5/h6-9,13,18H,10-12H2,1-5H3,(H,19,20). The van der Waals surface area contributed by atoms with Crippen LogP contribution in [-0.2, 0) is 4.79 Å². The molecule has 0 bridgehead atoms. The molecule has 1 amide bonds. The van der Waals surface area contributed by atoms with E-state index in [1.165, 1.54) is 0 Å². The smallest absolute Gasteiger partial charge is 0.225 e. The van der Waals surface area contributed by atoms with Crippen LogP contribution in [0.2, 0.25) is 0 Å². The maximum absolute atomic E-state index is 12.0. The zero-order valence-corrected chi connectivity index (χ0v) is 13.8. The largest absolute Gasteiger partial charge is 0.491 e. The lowest BCUT2D eigenvalue weighted by atomic mass is 10.1. The normalized spacial score (nSPS) is 11.5. The van der Waals surface area contributed by atoms with E-state index in [4.69, 9.17) is 4.74 Å². The number of carbonyl (C=O) groups excluding carboxylic acids is 1. The van der Waals surface area contributed by atoms with Crippen molar-refractivity contribution < 1.29 is 9.53 Å². The maximum atomic E-state index is 12.0. The molecule has 0 aliphatic heterocycles. The van der Waals surface area contributed by atoms with E-state index in [0.717, 1.165) is 11.4 Å². The minimum atomic E-state index is -0.00709. The summed E-state index contributed by atoms with van der Waals surface area (Å²) in [5.41, 5.74) is 0.761. The monoisotopic (exact) mass is 292 g/mol. The Labute approximate surface area is 128 Å². The molecule has 0 unspecified atom stereocenters. The topological polar surface area (TPSA) is 50.4 Å². The summed E-state index contributed by atoms with van der Waals surface area (Å²) in [6, 6.07) is 7.55. The molecule has 0 spiro atoms. The summed E-state index contributed by atoms with van der Waals surface area (Å²) < 4.78 is 5.73. The lowest BCUT2D eigenvalue weighted by Gasteiger charge is -2.20. The van der Waals surface area contributed by atoms with Gasteiger partial charge in [0.15, 0.2) is 0 Å². The van der Waals surface area contributed by atoms with Gasteiger partial charge in [0, 0.05) is 18.5 Å². The molecule has 0 aromatic heterocycles. The van der Waals surface area contributed by atoms with E-state index in [1.807, 2.05) is 24.3 Å². The highest BCUT2D eigenvalue weighted by atomic mass is 16.5. The van der Waals surface area contributed by atoms with E-state index < -0.39 is 0 Å². The van der Waals surface area contributed by atoms with Crippen molar-refractivity contribution in [2.24, 2.45) is 5.92 Å². The predicted molar refractivity (Wildman–Crippen MR) is 87.8 cm³/mol. The molecule has 0 saturated carbocycles. The molecule has 0 aliphatic rings. The second-order valence-corrected chi connectivity index (χ2v) is 6.68. The van der Waals surface area contributed by atoms with Crippen LogP contribution in [0.5, 0.6) is 5.75 Å². The van der Waals surface area contributed by atoms with E-state index in [9.17, 15) is 4.79 Å². The molecule has 1 aromatic carbocycles. The number of amides is 1. The summed E-state index contributed by atoms with van der Waals surface area (Å²) >= 11 is 0. The number of hydrogen-bond donors (Lipinski definition) is 2. The molecule has 0 radical (unpaired) electrons. The fourth-order valence-electron chi connectivity index (χ4n) is 1.72. The maximum Gasteiger partial charge on any atom is 0.225 e. The molecule has 0 atom stereocenters. The van der Waals surface area contributed by atoms with Crippen LogP contribution in [-0.4, -0.2) is 24.6 Å². The number of nitrogens with one attached hydrogen (secondary N) is 2. The number of carbonyl (C=O) groups is 1. The summed E-state index contributed by atoms with van der Waals surface area (Å²) in [6.07, 6.45) is 0.440. The van der Waals surface area contributed by atoms with Gasteiger partial charge in [0.1, 0.15) is 5.75 Å². The van der Waals surface area contributed by atoms with Crippen molar-refractivity contribution in [3.8, 4) is 5.75 Å². The van der Waals surface area contributed by atoms with E-state index in [2.05, 4.69) is 45.3 Å². The minimum Gasteiger partial charge on any atom is -0.491 e. The van der Waals surface area contributed by atoms with Crippen molar-refractivity contribution in [1.29, 1.82) is 0 Å². The second kappa shape index (κ2) is 8.03. The number of para-hydroxylation sites is 2. The van der Waals surface area contributed by atoms with Gasteiger partial charge in [0.25, 0.3) is 0 Å². The van der Waals surface area contributed by atoms with Gasteiger partial charge in [-0.25, -0.2) is 0 Å². The van der Waals surface area contributed by atoms with Gasteiger partial charge in [-0.2, -0.15) is 0 Å². The van der Waals surface area contributed by atoms with Crippen molar-refractivity contribution in [2.45, 2.75) is 46.6 Å². The van der Waals surface area contributed by atoms with E-state index in [-0.39, 0.29) is 11.4 Å². The minimum absolute atomic E-state index is 0.00709. The van der Waals surface area contributed by atoms with Crippen LogP contribution in [0.15, 0.2) is 24.3 Å². The third kappa shape index (κ3) is 7.71. The average molecular weight is 292 g/mol. The molecule has 1 rings (SSSR count). The first-order valence-electron chi connectivity index (χ1n) is 7.54. The molecule has 21 heavy (non-hydrogen) atoms. The third-order valence-electron chi connectivity index (χ3n) is 2.74. The molecule has 118 valence electrons. The van der Waals surface area contributed by atoms with Gasteiger partial charge in [-0.05, 0) is 38.8 Å². The molecular formula is C17H28N2O2. The van der Waals surface area contributed by atoms with Crippen molar-refractivity contribution in [1.82, 2.24) is 5.32 Å². The first kappa shape index (κ1) is 17.5. The van der Waals surface area contributed by atoms with Gasteiger partial charge in [0.05, 0.1) is 12.3 Å². The number of hydrogen-bond acceptors (Lipinski definition) is 3. The molecular weight excluding hydrogens is 264 g/mol. The Morgan fingerprint density at radius 1 is 1.24 bits per heavy atom. The van der Waals surface area contributed by atoms with E-state index in [0.29, 0.717) is 25.5 Å². The average Bonchev–Trinajstić information content (AvgIpc) is 2.36. The SMILES string of the molecule is CC(C)COc1ccccc1NC(=O)CCNC(C)(C)C. The fourth-order valence-corrected chi connectivity index (χ4v) is 1.72. The Bertz CT molecular complexity index is 450. The highest BCUT2D eigenvalue weighted by molar-refractivity contribution is 5.92. The molecule has 0 fully saturated rings. The van der Waals surface area contributed by atoms with Gasteiger partial charge >= 0.3 is 0 Å². The fraction of sp³-hybridized carbons (Fsp3) is 0.588. The van der Waals surface area contributed by atoms with Gasteiger partial charge in [-0.3, -0.25) is 4.79 Å². The zero-order chi connectivity index (χ0) is 15.9. The van der Waals surface area contributed by atoms with Crippen molar-refractivity contribution in [3.05, 3.63) is 24.3 Å². The molecule has 1 aromatic rings. The van der Waals surface area contributed by atoms with Gasteiger partial charge in [0.2, 0.25) is 5.91 Å². The Balaban J connectivity index is 2.51. The molecule has 4 nitrogen and oxygen atoms in total. The molecule has 2 N–H and O–H groups in total. The molecule has 0 heterocycles. The first-order chi connectivity index (χ1) is 9.78. The molecule has 4 heteroatoms. The van der Waals surface area contributed by atoms with Crippen molar-refractivity contribution in [3.63, 3.8) is 0 Å². The molecule has 0 saturated heterocycles. The Kier molecular flexibility index (Phi) is 6.69. The van der Waals surface area contributed by atoms with Crippen LogP contribution < -0.4 is 15.4 Å². The summed E-state index contributed by atoms with van der Waals surface area (Å²) in [4.78, 5) is 12.0. The summed E-state index contributed by atoms with van der Waals surface area (Å²) in [5, 5.41) is 6.22. The Morgan fingerprint density at radius 2 is 1.90 bits per heavy atom. The first-order valence-corrected chi connectivity index (χ1v) is 7.54. The van der Waals surface area contributed by atoms with Crippen LogP contribution in [0, 0.1) is 5.92 Å². The van der Waals surface area contributed by atoms with Crippen LogP contribution in [0.4, 0.5) is 5.69 Å². The number of rotatable bonds is 7. The lowest BCUT2D eigenvalue weighted by Crippen LogP contribution is -2.37. The van der Waals surface area contributed by atoms with Crippen LogP contribution in [0.1, 0.15) is 41.0 Å². The summed E-state index contributed by atoms with van der Waals surface area (Å²) in [7, 11) is 0. The van der Waals surface area contributed by atoms with Gasteiger partial charge < -0.3 is 15.4 Å². The highest BCUT2D eigenvalue weighted by Gasteiger charge is 2.11. The lowest BCUT2D eigenvalue weighted by molar-refractivity contribution is -0.116. The quantitative estimate of drug-likeness (QED) is 0.809. The summed E-state index contributed by atoms with van der Waals surface area (Å²) in [5.74, 6) is 1.17. The van der Waals surface area contributed by atoms with E-state index in [1.54, 1.807) is 0 Å². The van der Waals surface area contributed by atoms with Gasteiger partial charge in [-0.1, -0.05) is 26.0 Å². The summed E-state index contributed by atoms with van der Waals surface area (Å²) in [6.45, 7) is 11.7. The van der Waals surface area contributed by atoms with Gasteiger partial charge in [-0.15, -0.1) is 0 Å². The number of anilines is 1. The molecule has 0 aliphatic carbocycles. The highest BCUT2D eigenvalue weighted by Crippen LogP contribution is 2.24.